The second kappa shape index (κ2) is 5.23. The van der Waals surface area contributed by atoms with E-state index in [1.165, 1.54) is 0 Å². The Labute approximate surface area is 113 Å². The summed E-state index contributed by atoms with van der Waals surface area (Å²) in [4.78, 5) is 0. The van der Waals surface area contributed by atoms with Crippen molar-refractivity contribution in [2.75, 3.05) is 6.54 Å². The molecule has 2 heterocycles. The molecule has 2 rings (SSSR count). The second-order valence-corrected chi connectivity index (χ2v) is 5.24. The Morgan fingerprint density at radius 1 is 1.16 bits per heavy atom. The average molecular weight is 263 g/mol. The third-order valence-electron chi connectivity index (χ3n) is 3.21. The van der Waals surface area contributed by atoms with Crippen LogP contribution in [0.25, 0.3) is 0 Å². The Morgan fingerprint density at radius 2 is 1.79 bits per heavy atom. The summed E-state index contributed by atoms with van der Waals surface area (Å²) in [5.74, 6) is 3.12. The lowest BCUT2D eigenvalue weighted by Crippen LogP contribution is -2.36. The van der Waals surface area contributed by atoms with Crippen molar-refractivity contribution in [3.05, 3.63) is 47.3 Å². The van der Waals surface area contributed by atoms with Crippen LogP contribution in [0, 0.1) is 13.8 Å². The van der Waals surface area contributed by atoms with Crippen LogP contribution in [0.4, 0.5) is 0 Å². The molecule has 0 aliphatic carbocycles. The van der Waals surface area contributed by atoms with Crippen LogP contribution in [0.5, 0.6) is 0 Å². The molecule has 2 unspecified atom stereocenters. The molecule has 0 saturated heterocycles. The van der Waals surface area contributed by atoms with E-state index in [0.717, 1.165) is 17.3 Å². The maximum atomic E-state index is 10.4. The fraction of sp³-hybridized carbons (Fsp3) is 0.467. The molecule has 104 valence electrons. The molecule has 0 amide bonds. The van der Waals surface area contributed by atoms with Gasteiger partial charge in [0.1, 0.15) is 28.6 Å². The van der Waals surface area contributed by atoms with Crippen molar-refractivity contribution in [3.8, 4) is 0 Å². The van der Waals surface area contributed by atoms with Gasteiger partial charge in [-0.05, 0) is 52.0 Å². The Kier molecular flexibility index (Phi) is 3.83. The van der Waals surface area contributed by atoms with E-state index in [2.05, 4.69) is 5.32 Å². The molecule has 4 nitrogen and oxygen atoms in total. The summed E-state index contributed by atoms with van der Waals surface area (Å²) in [6, 6.07) is 7.57. The number of aliphatic hydroxyl groups is 1. The Morgan fingerprint density at radius 3 is 2.32 bits per heavy atom. The number of hydrogen-bond donors (Lipinski definition) is 2. The number of furan rings is 2. The summed E-state index contributed by atoms with van der Waals surface area (Å²) in [7, 11) is 0. The van der Waals surface area contributed by atoms with E-state index in [1.54, 1.807) is 13.0 Å². The third kappa shape index (κ3) is 3.28. The predicted octanol–water partition coefficient (Wildman–Crippen LogP) is 3.05. The zero-order valence-corrected chi connectivity index (χ0v) is 11.9. The van der Waals surface area contributed by atoms with Crippen molar-refractivity contribution in [1.82, 2.24) is 5.32 Å². The van der Waals surface area contributed by atoms with Gasteiger partial charge in [0.25, 0.3) is 0 Å². The van der Waals surface area contributed by atoms with Gasteiger partial charge in [-0.25, -0.2) is 0 Å². The van der Waals surface area contributed by atoms with Crippen molar-refractivity contribution in [3.63, 3.8) is 0 Å². The minimum absolute atomic E-state index is 0.0382. The number of hydrogen-bond acceptors (Lipinski definition) is 4. The van der Waals surface area contributed by atoms with Crippen LogP contribution in [0.1, 0.15) is 42.9 Å². The molecule has 0 radical (unpaired) electrons. The zero-order valence-electron chi connectivity index (χ0n) is 11.9. The highest BCUT2D eigenvalue weighted by molar-refractivity contribution is 5.14. The van der Waals surface area contributed by atoms with Gasteiger partial charge in [-0.2, -0.15) is 0 Å². The van der Waals surface area contributed by atoms with Crippen LogP contribution in [0.15, 0.2) is 33.1 Å². The SMILES string of the molecule is Cc1ccc(C(C)NCC(C)(O)c2ccc(C)o2)o1. The van der Waals surface area contributed by atoms with Gasteiger partial charge >= 0.3 is 0 Å². The molecule has 0 fully saturated rings. The summed E-state index contributed by atoms with van der Waals surface area (Å²) in [5, 5.41) is 13.7. The van der Waals surface area contributed by atoms with Crippen molar-refractivity contribution >= 4 is 0 Å². The van der Waals surface area contributed by atoms with Crippen LogP contribution in [0.3, 0.4) is 0 Å². The van der Waals surface area contributed by atoms with Crippen molar-refractivity contribution in [2.45, 2.75) is 39.3 Å². The summed E-state index contributed by atoms with van der Waals surface area (Å²) in [6.07, 6.45) is 0. The quantitative estimate of drug-likeness (QED) is 0.870. The summed E-state index contributed by atoms with van der Waals surface area (Å²) in [5.41, 5.74) is -1.04. The molecule has 0 saturated carbocycles. The van der Waals surface area contributed by atoms with Crippen LogP contribution in [0.2, 0.25) is 0 Å². The largest absolute Gasteiger partial charge is 0.465 e. The van der Waals surface area contributed by atoms with Gasteiger partial charge in [0.15, 0.2) is 0 Å². The molecule has 2 N–H and O–H groups in total. The molecule has 0 aliphatic rings. The molecule has 4 heteroatoms. The molecular formula is C15H21NO3. The minimum atomic E-state index is -1.04. The lowest BCUT2D eigenvalue weighted by atomic mass is 10.0. The van der Waals surface area contributed by atoms with Crippen molar-refractivity contribution in [2.24, 2.45) is 0 Å². The maximum Gasteiger partial charge on any atom is 0.136 e. The van der Waals surface area contributed by atoms with E-state index < -0.39 is 5.60 Å². The molecule has 0 bridgehead atoms. The first-order valence-electron chi connectivity index (χ1n) is 6.47. The Balaban J connectivity index is 1.97. The van der Waals surface area contributed by atoms with Crippen LogP contribution < -0.4 is 5.32 Å². The van der Waals surface area contributed by atoms with E-state index in [-0.39, 0.29) is 6.04 Å². The molecular weight excluding hydrogens is 242 g/mol. The first kappa shape index (κ1) is 13.9. The summed E-state index contributed by atoms with van der Waals surface area (Å²) in [6.45, 7) is 7.90. The van der Waals surface area contributed by atoms with Crippen molar-refractivity contribution < 1.29 is 13.9 Å². The van der Waals surface area contributed by atoms with E-state index in [4.69, 9.17) is 8.83 Å². The summed E-state index contributed by atoms with van der Waals surface area (Å²) < 4.78 is 11.0. The van der Waals surface area contributed by atoms with Crippen LogP contribution >= 0.6 is 0 Å². The predicted molar refractivity (Wildman–Crippen MR) is 72.9 cm³/mol. The van der Waals surface area contributed by atoms with E-state index in [0.29, 0.717) is 12.3 Å². The Hall–Kier alpha value is -1.52. The number of nitrogens with one attached hydrogen (secondary N) is 1. The lowest BCUT2D eigenvalue weighted by Gasteiger charge is -2.23. The molecule has 0 spiro atoms. The first-order valence-corrected chi connectivity index (χ1v) is 6.47. The highest BCUT2D eigenvalue weighted by Gasteiger charge is 2.27. The van der Waals surface area contributed by atoms with E-state index in [9.17, 15) is 5.11 Å². The zero-order chi connectivity index (χ0) is 14.0. The second-order valence-electron chi connectivity index (χ2n) is 5.24. The fourth-order valence-corrected chi connectivity index (χ4v) is 1.95. The van der Waals surface area contributed by atoms with Gasteiger partial charge in [0.2, 0.25) is 0 Å². The lowest BCUT2D eigenvalue weighted by molar-refractivity contribution is 0.0307. The first-order chi connectivity index (χ1) is 8.88. The molecule has 2 atom stereocenters. The summed E-state index contributed by atoms with van der Waals surface area (Å²) >= 11 is 0. The van der Waals surface area contributed by atoms with Gasteiger partial charge < -0.3 is 19.3 Å². The highest BCUT2D eigenvalue weighted by Crippen LogP contribution is 2.23. The molecule has 0 aliphatic heterocycles. The smallest absolute Gasteiger partial charge is 0.136 e. The van der Waals surface area contributed by atoms with Gasteiger partial charge in [0, 0.05) is 6.54 Å². The topological polar surface area (TPSA) is 58.5 Å². The molecule has 0 aromatic carbocycles. The van der Waals surface area contributed by atoms with Gasteiger partial charge in [-0.3, -0.25) is 0 Å². The van der Waals surface area contributed by atoms with Gasteiger partial charge in [-0.1, -0.05) is 0 Å². The fourth-order valence-electron chi connectivity index (χ4n) is 1.95. The molecule has 19 heavy (non-hydrogen) atoms. The van der Waals surface area contributed by atoms with Gasteiger partial charge in [-0.15, -0.1) is 0 Å². The highest BCUT2D eigenvalue weighted by atomic mass is 16.4. The standard InChI is InChI=1S/C15H21NO3/c1-10-5-7-13(18-10)12(3)16-9-15(4,17)14-8-6-11(2)19-14/h5-8,12,16-17H,9H2,1-4H3. The maximum absolute atomic E-state index is 10.4. The van der Waals surface area contributed by atoms with Gasteiger partial charge in [0.05, 0.1) is 6.04 Å². The third-order valence-corrected chi connectivity index (χ3v) is 3.21. The monoisotopic (exact) mass is 263 g/mol. The van der Waals surface area contributed by atoms with Crippen molar-refractivity contribution in [1.29, 1.82) is 0 Å². The molecule has 2 aromatic rings. The van der Waals surface area contributed by atoms with Crippen LogP contribution in [-0.4, -0.2) is 11.7 Å². The molecule has 2 aromatic heterocycles. The number of rotatable bonds is 5. The van der Waals surface area contributed by atoms with E-state index in [1.807, 2.05) is 39.0 Å². The average Bonchev–Trinajstić information content (AvgIpc) is 2.95. The normalized spacial score (nSPS) is 16.3. The minimum Gasteiger partial charge on any atom is -0.465 e. The Bertz CT molecular complexity index is 539. The number of aryl methyl sites for hydroxylation is 2. The van der Waals surface area contributed by atoms with Crippen LogP contribution in [-0.2, 0) is 5.60 Å². The van der Waals surface area contributed by atoms with E-state index >= 15 is 0 Å².